The number of alkyl halides is 1. The molecule has 0 saturated heterocycles. The predicted octanol–water partition coefficient (Wildman–Crippen LogP) is 3.86. The first kappa shape index (κ1) is 11.7. The Bertz CT molecular complexity index is 242. The number of aromatic nitrogens is 1. The second kappa shape index (κ2) is 5.36. The summed E-state index contributed by atoms with van der Waals surface area (Å²) in [5, 5.41) is 1.82. The first-order chi connectivity index (χ1) is 4.74. The van der Waals surface area contributed by atoms with Gasteiger partial charge in [0.25, 0.3) is 0 Å². The van der Waals surface area contributed by atoms with Crippen LogP contribution in [0.1, 0.15) is 5.69 Å². The van der Waals surface area contributed by atoms with Gasteiger partial charge in [0.2, 0.25) is 0 Å². The summed E-state index contributed by atoms with van der Waals surface area (Å²) >= 11 is 14.6. The molecule has 0 unspecified atom stereocenters. The molecule has 1 rings (SSSR count). The molecule has 5 heteroatoms. The number of halogens is 4. The maximum Gasteiger partial charge on any atom is 0.0696 e. The fraction of sp³-hybridized carbons (Fsp3) is 0.167. The molecule has 1 nitrogen and oxygen atoms in total. The molecule has 0 aliphatic carbocycles. The fourth-order valence-electron chi connectivity index (χ4n) is 0.541. The quantitative estimate of drug-likeness (QED) is 0.716. The van der Waals surface area contributed by atoms with E-state index in [9.17, 15) is 0 Å². The van der Waals surface area contributed by atoms with Gasteiger partial charge in [0, 0.05) is 11.5 Å². The van der Waals surface area contributed by atoms with Crippen molar-refractivity contribution < 1.29 is 0 Å². The van der Waals surface area contributed by atoms with E-state index >= 15 is 0 Å². The number of nitrogens with zero attached hydrogens (tertiary/aromatic N) is 1. The van der Waals surface area contributed by atoms with Crippen LogP contribution in [-0.2, 0) is 5.33 Å². The summed E-state index contributed by atoms with van der Waals surface area (Å²) in [4.78, 5) is 3.99. The van der Waals surface area contributed by atoms with Crippen molar-refractivity contribution in [3.8, 4) is 0 Å². The van der Waals surface area contributed by atoms with Crippen molar-refractivity contribution >= 4 is 56.1 Å². The third kappa shape index (κ3) is 3.28. The molecular formula is C6H5Br2Cl2N. The summed E-state index contributed by atoms with van der Waals surface area (Å²) in [5.74, 6) is 0. The minimum Gasteiger partial charge on any atom is -0.257 e. The van der Waals surface area contributed by atoms with Crippen LogP contribution in [0.4, 0.5) is 0 Å². The molecule has 0 spiro atoms. The lowest BCUT2D eigenvalue weighted by Gasteiger charge is -1.96. The van der Waals surface area contributed by atoms with Crippen LogP contribution in [0.2, 0.25) is 10.0 Å². The van der Waals surface area contributed by atoms with E-state index in [1.54, 1.807) is 12.3 Å². The molecular weight excluding hydrogens is 317 g/mol. The van der Waals surface area contributed by atoms with Crippen molar-refractivity contribution in [3.63, 3.8) is 0 Å². The van der Waals surface area contributed by atoms with Gasteiger partial charge in [-0.25, -0.2) is 0 Å². The standard InChI is InChI=1S/C6H4BrCl2N.BrH/c7-2-6-5(9)1-4(8)3-10-6;/h1,3H,2H2;1H. The average molecular weight is 322 g/mol. The highest BCUT2D eigenvalue weighted by Gasteiger charge is 1.99. The Hall–Kier alpha value is 0.690. The largest absolute Gasteiger partial charge is 0.257 e. The van der Waals surface area contributed by atoms with E-state index in [1.807, 2.05) is 0 Å². The molecule has 0 fully saturated rings. The number of hydrogen-bond donors (Lipinski definition) is 0. The minimum atomic E-state index is 0. The highest BCUT2D eigenvalue weighted by molar-refractivity contribution is 9.08. The third-order valence-electron chi connectivity index (χ3n) is 1.01. The van der Waals surface area contributed by atoms with Crippen molar-refractivity contribution in [2.24, 2.45) is 0 Å². The summed E-state index contributed by atoms with van der Waals surface area (Å²) in [6, 6.07) is 1.67. The first-order valence-corrected chi connectivity index (χ1v) is 4.47. The van der Waals surface area contributed by atoms with Crippen molar-refractivity contribution in [3.05, 3.63) is 28.0 Å². The maximum atomic E-state index is 5.75. The van der Waals surface area contributed by atoms with Gasteiger partial charge in [-0.05, 0) is 6.07 Å². The van der Waals surface area contributed by atoms with Gasteiger partial charge >= 0.3 is 0 Å². The normalized spacial score (nSPS) is 9.00. The summed E-state index contributed by atoms with van der Waals surface area (Å²) < 4.78 is 0. The van der Waals surface area contributed by atoms with Crippen LogP contribution >= 0.6 is 56.1 Å². The molecule has 1 aromatic rings. The van der Waals surface area contributed by atoms with Crippen molar-refractivity contribution in [2.75, 3.05) is 0 Å². The molecule has 62 valence electrons. The zero-order chi connectivity index (χ0) is 7.56. The molecule has 0 atom stereocenters. The van der Waals surface area contributed by atoms with E-state index in [4.69, 9.17) is 23.2 Å². The van der Waals surface area contributed by atoms with Crippen LogP contribution < -0.4 is 0 Å². The monoisotopic (exact) mass is 319 g/mol. The number of rotatable bonds is 1. The molecule has 0 N–H and O–H groups in total. The minimum absolute atomic E-state index is 0. The average Bonchev–Trinajstić information content (AvgIpc) is 1.88. The van der Waals surface area contributed by atoms with E-state index in [0.29, 0.717) is 15.4 Å². The van der Waals surface area contributed by atoms with E-state index in [1.165, 1.54) is 0 Å². The number of hydrogen-bond acceptors (Lipinski definition) is 1. The van der Waals surface area contributed by atoms with Gasteiger partial charge in [0.05, 0.1) is 15.7 Å². The van der Waals surface area contributed by atoms with Gasteiger partial charge in [-0.2, -0.15) is 0 Å². The molecule has 0 aliphatic rings. The third-order valence-corrected chi connectivity index (χ3v) is 2.08. The van der Waals surface area contributed by atoms with Crippen molar-refractivity contribution in [1.82, 2.24) is 4.98 Å². The van der Waals surface area contributed by atoms with E-state index in [2.05, 4.69) is 20.9 Å². The zero-order valence-corrected chi connectivity index (χ0v) is 10.2. The second-order valence-corrected chi connectivity index (χ2v) is 3.12. The fourth-order valence-corrected chi connectivity index (χ4v) is 1.60. The molecule has 0 aliphatic heterocycles. The van der Waals surface area contributed by atoms with Crippen LogP contribution in [0.5, 0.6) is 0 Å². The van der Waals surface area contributed by atoms with Crippen LogP contribution in [0.25, 0.3) is 0 Å². The smallest absolute Gasteiger partial charge is 0.0696 e. The summed E-state index contributed by atoms with van der Waals surface area (Å²) in [7, 11) is 0. The van der Waals surface area contributed by atoms with Crippen molar-refractivity contribution in [1.29, 1.82) is 0 Å². The van der Waals surface area contributed by atoms with E-state index in [-0.39, 0.29) is 17.0 Å². The topological polar surface area (TPSA) is 12.9 Å². The van der Waals surface area contributed by atoms with Crippen LogP contribution in [-0.4, -0.2) is 4.98 Å². The molecule has 1 heterocycles. The molecule has 0 aromatic carbocycles. The molecule has 1 aromatic heterocycles. The Kier molecular flexibility index (Phi) is 5.69. The van der Waals surface area contributed by atoms with Crippen LogP contribution in [0.15, 0.2) is 12.3 Å². The van der Waals surface area contributed by atoms with Gasteiger partial charge in [0.15, 0.2) is 0 Å². The Morgan fingerprint density at radius 1 is 1.45 bits per heavy atom. The summed E-state index contributed by atoms with van der Waals surface area (Å²) in [5.41, 5.74) is 0.811. The molecule has 0 amide bonds. The van der Waals surface area contributed by atoms with E-state index < -0.39 is 0 Å². The Balaban J connectivity index is 0.000001000. The van der Waals surface area contributed by atoms with Gasteiger partial charge in [0.1, 0.15) is 0 Å². The lowest BCUT2D eigenvalue weighted by Crippen LogP contribution is -1.84. The van der Waals surface area contributed by atoms with Gasteiger partial charge in [-0.3, -0.25) is 4.98 Å². The second-order valence-electron chi connectivity index (χ2n) is 1.72. The van der Waals surface area contributed by atoms with Crippen LogP contribution in [0, 0.1) is 0 Å². The summed E-state index contributed by atoms with van der Waals surface area (Å²) in [6.07, 6.45) is 1.57. The Morgan fingerprint density at radius 2 is 2.09 bits per heavy atom. The van der Waals surface area contributed by atoms with Gasteiger partial charge in [-0.1, -0.05) is 39.1 Å². The van der Waals surface area contributed by atoms with Crippen LogP contribution in [0.3, 0.4) is 0 Å². The first-order valence-electron chi connectivity index (χ1n) is 2.60. The zero-order valence-electron chi connectivity index (χ0n) is 5.35. The van der Waals surface area contributed by atoms with Gasteiger partial charge in [-0.15, -0.1) is 17.0 Å². The molecule has 0 radical (unpaired) electrons. The Morgan fingerprint density at radius 3 is 2.55 bits per heavy atom. The van der Waals surface area contributed by atoms with Gasteiger partial charge < -0.3 is 0 Å². The predicted molar refractivity (Wildman–Crippen MR) is 57.2 cm³/mol. The van der Waals surface area contributed by atoms with E-state index in [0.717, 1.165) is 5.69 Å². The van der Waals surface area contributed by atoms with Crippen molar-refractivity contribution in [2.45, 2.75) is 5.33 Å². The maximum absolute atomic E-state index is 5.75. The highest BCUT2D eigenvalue weighted by Crippen LogP contribution is 2.19. The Labute approximate surface area is 94.0 Å². The number of pyridine rings is 1. The molecule has 0 saturated carbocycles. The highest BCUT2D eigenvalue weighted by atomic mass is 79.9. The lowest BCUT2D eigenvalue weighted by molar-refractivity contribution is 1.19. The summed E-state index contributed by atoms with van der Waals surface area (Å²) in [6.45, 7) is 0. The SMILES string of the molecule is Br.Clc1cnc(CBr)c(Cl)c1. The molecule has 11 heavy (non-hydrogen) atoms. The molecule has 0 bridgehead atoms. The lowest BCUT2D eigenvalue weighted by atomic mass is 10.4.